The van der Waals surface area contributed by atoms with Crippen LogP contribution < -0.4 is 10.6 Å². The molecule has 2 aliphatic rings. The third-order valence-electron chi connectivity index (χ3n) is 5.92. The summed E-state index contributed by atoms with van der Waals surface area (Å²) in [5, 5.41) is 6.81. The van der Waals surface area contributed by atoms with Crippen LogP contribution in [0.1, 0.15) is 49.7 Å². The van der Waals surface area contributed by atoms with Crippen molar-refractivity contribution in [3.05, 3.63) is 35.4 Å². The molecule has 0 spiro atoms. The Hall–Kier alpha value is -0.830. The molecule has 1 aromatic carbocycles. The summed E-state index contributed by atoms with van der Waals surface area (Å²) in [5.74, 6) is 1.19. The lowest BCUT2D eigenvalue weighted by Gasteiger charge is -2.39. The van der Waals surface area contributed by atoms with Crippen molar-refractivity contribution < 1.29 is 8.42 Å². The fraction of sp³-hybridized carbons (Fsp3) is 0.650. The molecule has 3 rings (SSSR count). The van der Waals surface area contributed by atoms with Gasteiger partial charge in [0.25, 0.3) is 0 Å². The van der Waals surface area contributed by atoms with E-state index in [1.165, 1.54) is 43.2 Å². The number of halogens is 1. The van der Waals surface area contributed by atoms with Gasteiger partial charge in [-0.2, -0.15) is 0 Å². The fourth-order valence-corrected chi connectivity index (χ4v) is 6.16. The number of nitrogens with zero attached hydrogens (tertiary/aromatic N) is 1. The number of benzene rings is 1. The average molecular weight is 505 g/mol. The predicted molar refractivity (Wildman–Crippen MR) is 123 cm³/mol. The number of aliphatic imine (C=N–C) groups is 1. The normalized spacial score (nSPS) is 24.1. The standard InChI is InChI=1S/C20H31N3O2S.HI/c1-16-8-4-5-9-18(16)20(11-6-3-7-12-20)15-22-19(21-2)23-17-10-13-26(24,25)14-17;/h4-5,8-9,17H,3,6-7,10-15H2,1-2H3,(H2,21,22,23);1H. The summed E-state index contributed by atoms with van der Waals surface area (Å²) in [6, 6.07) is 8.66. The van der Waals surface area contributed by atoms with E-state index in [2.05, 4.69) is 46.8 Å². The number of sulfone groups is 1. The van der Waals surface area contributed by atoms with Gasteiger partial charge in [-0.15, -0.1) is 24.0 Å². The first-order valence-electron chi connectivity index (χ1n) is 9.68. The quantitative estimate of drug-likeness (QED) is 0.375. The van der Waals surface area contributed by atoms with E-state index in [1.807, 2.05) is 0 Å². The maximum Gasteiger partial charge on any atom is 0.191 e. The molecule has 5 nitrogen and oxygen atoms in total. The van der Waals surface area contributed by atoms with Crippen LogP contribution in [0.3, 0.4) is 0 Å². The molecule has 1 unspecified atom stereocenters. The SMILES string of the molecule is CN=C(NCC1(c2ccccc2C)CCCCC1)NC1CCS(=O)(=O)C1.I. The third-order valence-corrected chi connectivity index (χ3v) is 7.69. The average Bonchev–Trinajstić information content (AvgIpc) is 2.98. The monoisotopic (exact) mass is 505 g/mol. The molecule has 1 atom stereocenters. The Morgan fingerprint density at radius 3 is 2.52 bits per heavy atom. The Kier molecular flexibility index (Phi) is 7.97. The molecule has 1 saturated heterocycles. The van der Waals surface area contributed by atoms with Gasteiger partial charge in [-0.3, -0.25) is 4.99 Å². The number of nitrogens with one attached hydrogen (secondary N) is 2. The van der Waals surface area contributed by atoms with Gasteiger partial charge < -0.3 is 10.6 Å². The van der Waals surface area contributed by atoms with Crippen molar-refractivity contribution >= 4 is 39.8 Å². The number of hydrogen-bond donors (Lipinski definition) is 2. The van der Waals surface area contributed by atoms with E-state index in [1.54, 1.807) is 7.05 Å². The Morgan fingerprint density at radius 2 is 1.93 bits per heavy atom. The second-order valence-electron chi connectivity index (χ2n) is 7.83. The molecule has 1 aliphatic carbocycles. The largest absolute Gasteiger partial charge is 0.356 e. The lowest BCUT2D eigenvalue weighted by Crippen LogP contribution is -2.49. The highest BCUT2D eigenvalue weighted by Crippen LogP contribution is 2.40. The van der Waals surface area contributed by atoms with E-state index >= 15 is 0 Å². The first-order chi connectivity index (χ1) is 12.4. The summed E-state index contributed by atoms with van der Waals surface area (Å²) in [6.45, 7) is 3.03. The van der Waals surface area contributed by atoms with E-state index in [0.717, 1.165) is 6.54 Å². The van der Waals surface area contributed by atoms with Gasteiger partial charge in [0.2, 0.25) is 0 Å². The lowest BCUT2D eigenvalue weighted by molar-refractivity contribution is 0.290. The van der Waals surface area contributed by atoms with Gasteiger partial charge in [-0.05, 0) is 37.3 Å². The van der Waals surface area contributed by atoms with Gasteiger partial charge in [0, 0.05) is 25.0 Å². The van der Waals surface area contributed by atoms with Gasteiger partial charge in [-0.25, -0.2) is 8.42 Å². The molecule has 0 aromatic heterocycles. The topological polar surface area (TPSA) is 70.6 Å². The summed E-state index contributed by atoms with van der Waals surface area (Å²) < 4.78 is 23.4. The molecular weight excluding hydrogens is 473 g/mol. The molecule has 2 fully saturated rings. The first-order valence-corrected chi connectivity index (χ1v) is 11.5. The van der Waals surface area contributed by atoms with E-state index in [4.69, 9.17) is 0 Å². The highest BCUT2D eigenvalue weighted by atomic mass is 127. The summed E-state index contributed by atoms with van der Waals surface area (Å²) in [7, 11) is -1.14. The lowest BCUT2D eigenvalue weighted by atomic mass is 9.68. The van der Waals surface area contributed by atoms with E-state index in [0.29, 0.717) is 12.4 Å². The number of rotatable bonds is 4. The predicted octanol–water partition coefficient (Wildman–Crippen LogP) is 3.17. The van der Waals surface area contributed by atoms with Crippen LogP contribution in [0.4, 0.5) is 0 Å². The number of hydrogen-bond acceptors (Lipinski definition) is 3. The van der Waals surface area contributed by atoms with Crippen LogP contribution in [0.2, 0.25) is 0 Å². The fourth-order valence-electron chi connectivity index (χ4n) is 4.49. The van der Waals surface area contributed by atoms with Crippen molar-refractivity contribution in [2.24, 2.45) is 4.99 Å². The second kappa shape index (κ2) is 9.58. The molecule has 1 aromatic rings. The van der Waals surface area contributed by atoms with Crippen molar-refractivity contribution in [3.63, 3.8) is 0 Å². The van der Waals surface area contributed by atoms with Crippen molar-refractivity contribution in [2.75, 3.05) is 25.1 Å². The molecule has 0 amide bonds. The number of guanidine groups is 1. The van der Waals surface area contributed by atoms with Gasteiger partial charge >= 0.3 is 0 Å². The van der Waals surface area contributed by atoms with Crippen LogP contribution in [0.25, 0.3) is 0 Å². The molecular formula is C20H32IN3O2S. The molecule has 152 valence electrons. The zero-order valence-electron chi connectivity index (χ0n) is 16.3. The number of aryl methyl sites for hydroxylation is 1. The van der Waals surface area contributed by atoms with Crippen molar-refractivity contribution in [3.8, 4) is 0 Å². The zero-order valence-corrected chi connectivity index (χ0v) is 19.5. The molecule has 1 aliphatic heterocycles. The summed E-state index contributed by atoms with van der Waals surface area (Å²) in [6.07, 6.45) is 6.83. The smallest absolute Gasteiger partial charge is 0.191 e. The highest BCUT2D eigenvalue weighted by molar-refractivity contribution is 14.0. The molecule has 27 heavy (non-hydrogen) atoms. The zero-order chi connectivity index (χ0) is 18.6. The van der Waals surface area contributed by atoms with Crippen molar-refractivity contribution in [2.45, 2.75) is 56.9 Å². The first kappa shape index (κ1) is 22.5. The van der Waals surface area contributed by atoms with Gasteiger partial charge in [-0.1, -0.05) is 43.5 Å². The van der Waals surface area contributed by atoms with Crippen LogP contribution in [0.15, 0.2) is 29.3 Å². The molecule has 2 N–H and O–H groups in total. The van der Waals surface area contributed by atoms with E-state index in [-0.39, 0.29) is 46.9 Å². The molecule has 1 saturated carbocycles. The molecule has 0 bridgehead atoms. The minimum atomic E-state index is -2.89. The summed E-state index contributed by atoms with van der Waals surface area (Å²) in [4.78, 5) is 4.33. The maximum absolute atomic E-state index is 11.7. The minimum Gasteiger partial charge on any atom is -0.356 e. The molecule has 1 heterocycles. The second-order valence-corrected chi connectivity index (χ2v) is 10.1. The van der Waals surface area contributed by atoms with Crippen molar-refractivity contribution in [1.82, 2.24) is 10.6 Å². The third kappa shape index (κ3) is 5.59. The van der Waals surface area contributed by atoms with E-state index < -0.39 is 9.84 Å². The van der Waals surface area contributed by atoms with Crippen LogP contribution in [0.5, 0.6) is 0 Å². The molecule has 7 heteroatoms. The van der Waals surface area contributed by atoms with Gasteiger partial charge in [0.15, 0.2) is 15.8 Å². The van der Waals surface area contributed by atoms with Crippen LogP contribution in [0, 0.1) is 6.92 Å². The Bertz CT molecular complexity index is 758. The van der Waals surface area contributed by atoms with Gasteiger partial charge in [0.05, 0.1) is 11.5 Å². The van der Waals surface area contributed by atoms with Crippen LogP contribution in [-0.2, 0) is 15.3 Å². The van der Waals surface area contributed by atoms with E-state index in [9.17, 15) is 8.42 Å². The van der Waals surface area contributed by atoms with Gasteiger partial charge in [0.1, 0.15) is 0 Å². The summed E-state index contributed by atoms with van der Waals surface area (Å²) in [5.41, 5.74) is 2.91. The Labute approximate surface area is 180 Å². The molecule has 0 radical (unpaired) electrons. The summed E-state index contributed by atoms with van der Waals surface area (Å²) >= 11 is 0. The van der Waals surface area contributed by atoms with Crippen LogP contribution >= 0.6 is 24.0 Å². The highest BCUT2D eigenvalue weighted by Gasteiger charge is 2.35. The Balaban J connectivity index is 0.00000261. The Morgan fingerprint density at radius 1 is 1.22 bits per heavy atom. The maximum atomic E-state index is 11.7. The van der Waals surface area contributed by atoms with Crippen LogP contribution in [-0.4, -0.2) is 45.5 Å². The minimum absolute atomic E-state index is 0. The van der Waals surface area contributed by atoms with Crippen molar-refractivity contribution in [1.29, 1.82) is 0 Å².